The average molecular weight is 258 g/mol. The summed E-state index contributed by atoms with van der Waals surface area (Å²) in [7, 11) is 0. The largest absolute Gasteiger partial charge is 0.323 e. The Morgan fingerprint density at radius 2 is 2.17 bits per heavy atom. The predicted molar refractivity (Wildman–Crippen MR) is 76.9 cm³/mol. The van der Waals surface area contributed by atoms with Crippen molar-refractivity contribution in [3.63, 3.8) is 0 Å². The maximum atomic E-state index is 6.18. The van der Waals surface area contributed by atoms with Crippen molar-refractivity contribution in [3.05, 3.63) is 39.9 Å². The van der Waals surface area contributed by atoms with Gasteiger partial charge in [-0.15, -0.1) is 11.3 Å². The number of nitrogens with zero attached hydrogens (tertiary/aromatic N) is 1. The summed E-state index contributed by atoms with van der Waals surface area (Å²) in [6.45, 7) is 4.28. The summed E-state index contributed by atoms with van der Waals surface area (Å²) in [5, 5.41) is 1.14. The van der Waals surface area contributed by atoms with Crippen LogP contribution in [0.15, 0.2) is 18.2 Å². The quantitative estimate of drug-likeness (QED) is 0.845. The highest BCUT2D eigenvalue weighted by atomic mass is 32.1. The minimum Gasteiger partial charge on any atom is -0.323 e. The van der Waals surface area contributed by atoms with Gasteiger partial charge in [-0.25, -0.2) is 4.98 Å². The fourth-order valence-corrected chi connectivity index (χ4v) is 3.76. The van der Waals surface area contributed by atoms with Crippen molar-refractivity contribution in [3.8, 4) is 10.6 Å². The molecule has 0 bridgehead atoms. The minimum atomic E-state index is 0.199. The monoisotopic (exact) mass is 258 g/mol. The Balaban J connectivity index is 2.10. The van der Waals surface area contributed by atoms with Gasteiger partial charge in [0.15, 0.2) is 0 Å². The van der Waals surface area contributed by atoms with E-state index in [0.717, 1.165) is 17.8 Å². The molecule has 0 aliphatic heterocycles. The standard InChI is InChI=1S/C15H18N2S/c1-9-6-7-10(2)11(8-9)15-17-13-5-3-4-12(16)14(13)18-15/h6-8,12H,3-5,16H2,1-2H3. The molecular formula is C15H18N2S. The van der Waals surface area contributed by atoms with Crippen LogP contribution in [0.2, 0.25) is 0 Å². The first-order chi connectivity index (χ1) is 8.65. The molecule has 1 aromatic carbocycles. The van der Waals surface area contributed by atoms with Gasteiger partial charge in [-0.1, -0.05) is 17.7 Å². The molecule has 1 unspecified atom stereocenters. The van der Waals surface area contributed by atoms with Crippen LogP contribution in [-0.2, 0) is 6.42 Å². The van der Waals surface area contributed by atoms with Gasteiger partial charge in [0.1, 0.15) is 5.01 Å². The molecule has 0 radical (unpaired) electrons. The van der Waals surface area contributed by atoms with Gasteiger partial charge in [0.05, 0.1) is 5.69 Å². The van der Waals surface area contributed by atoms with Crippen LogP contribution in [0.25, 0.3) is 10.6 Å². The molecule has 3 rings (SSSR count). The van der Waals surface area contributed by atoms with Crippen molar-refractivity contribution >= 4 is 11.3 Å². The Hall–Kier alpha value is -1.19. The summed E-state index contributed by atoms with van der Waals surface area (Å²) >= 11 is 1.78. The first-order valence-corrected chi connectivity index (χ1v) is 7.29. The van der Waals surface area contributed by atoms with Gasteiger partial charge < -0.3 is 5.73 Å². The molecule has 3 heteroatoms. The number of rotatable bonds is 1. The van der Waals surface area contributed by atoms with E-state index in [9.17, 15) is 0 Å². The van der Waals surface area contributed by atoms with Crippen molar-refractivity contribution in [2.24, 2.45) is 5.73 Å². The molecule has 18 heavy (non-hydrogen) atoms. The van der Waals surface area contributed by atoms with E-state index in [4.69, 9.17) is 10.7 Å². The first-order valence-electron chi connectivity index (χ1n) is 6.48. The van der Waals surface area contributed by atoms with E-state index in [2.05, 4.69) is 32.0 Å². The fourth-order valence-electron chi connectivity index (χ4n) is 2.53. The van der Waals surface area contributed by atoms with Crippen molar-refractivity contribution in [1.82, 2.24) is 4.98 Å². The summed E-state index contributed by atoms with van der Waals surface area (Å²) in [5.74, 6) is 0. The van der Waals surface area contributed by atoms with Crippen LogP contribution in [0.5, 0.6) is 0 Å². The third-order valence-electron chi connectivity index (χ3n) is 3.62. The highest BCUT2D eigenvalue weighted by Gasteiger charge is 2.22. The Kier molecular flexibility index (Phi) is 2.96. The number of hydrogen-bond donors (Lipinski definition) is 1. The van der Waals surface area contributed by atoms with Crippen molar-refractivity contribution in [2.45, 2.75) is 39.2 Å². The van der Waals surface area contributed by atoms with Crippen LogP contribution >= 0.6 is 11.3 Å². The summed E-state index contributed by atoms with van der Waals surface area (Å²) in [5.41, 5.74) is 11.2. The molecule has 1 aliphatic rings. The SMILES string of the molecule is Cc1ccc(C)c(-c2nc3c(s2)C(N)CCC3)c1. The molecule has 0 saturated carbocycles. The second-order valence-corrected chi connectivity index (χ2v) is 6.18. The van der Waals surface area contributed by atoms with Gasteiger partial charge >= 0.3 is 0 Å². The van der Waals surface area contributed by atoms with Gasteiger partial charge in [0, 0.05) is 16.5 Å². The van der Waals surface area contributed by atoms with Crippen LogP contribution < -0.4 is 5.73 Å². The van der Waals surface area contributed by atoms with E-state index in [1.54, 1.807) is 11.3 Å². The highest BCUT2D eigenvalue weighted by molar-refractivity contribution is 7.15. The highest BCUT2D eigenvalue weighted by Crippen LogP contribution is 2.37. The van der Waals surface area contributed by atoms with Crippen LogP contribution in [0, 0.1) is 13.8 Å². The number of benzene rings is 1. The van der Waals surface area contributed by atoms with Crippen LogP contribution in [0.3, 0.4) is 0 Å². The second-order valence-electron chi connectivity index (χ2n) is 5.15. The Morgan fingerprint density at radius 3 is 2.94 bits per heavy atom. The zero-order chi connectivity index (χ0) is 12.7. The number of aryl methyl sites for hydroxylation is 3. The minimum absolute atomic E-state index is 0.199. The van der Waals surface area contributed by atoms with Gasteiger partial charge in [-0.05, 0) is 44.7 Å². The van der Waals surface area contributed by atoms with E-state index in [-0.39, 0.29) is 6.04 Å². The molecule has 0 fully saturated rings. The normalized spacial score (nSPS) is 18.7. The second kappa shape index (κ2) is 4.48. The number of fused-ring (bicyclic) bond motifs is 1. The molecule has 94 valence electrons. The van der Waals surface area contributed by atoms with Gasteiger partial charge in [0.2, 0.25) is 0 Å². The molecule has 2 aromatic rings. The molecule has 1 heterocycles. The van der Waals surface area contributed by atoms with E-state index in [1.807, 2.05) is 0 Å². The van der Waals surface area contributed by atoms with E-state index in [0.29, 0.717) is 0 Å². The van der Waals surface area contributed by atoms with E-state index >= 15 is 0 Å². The van der Waals surface area contributed by atoms with E-state index in [1.165, 1.54) is 33.7 Å². The lowest BCUT2D eigenvalue weighted by Crippen LogP contribution is -2.15. The maximum absolute atomic E-state index is 6.18. The third kappa shape index (κ3) is 1.98. The van der Waals surface area contributed by atoms with Gasteiger partial charge in [0.25, 0.3) is 0 Å². The lowest BCUT2D eigenvalue weighted by molar-refractivity contribution is 0.573. The number of thiazole rings is 1. The Bertz CT molecular complexity index is 586. The summed E-state index contributed by atoms with van der Waals surface area (Å²) in [6.07, 6.45) is 3.36. The molecule has 1 atom stereocenters. The fraction of sp³-hybridized carbons (Fsp3) is 0.400. The van der Waals surface area contributed by atoms with Crippen molar-refractivity contribution in [1.29, 1.82) is 0 Å². The molecule has 0 amide bonds. The molecule has 1 aromatic heterocycles. The average Bonchev–Trinajstić information content (AvgIpc) is 2.77. The molecular weight excluding hydrogens is 240 g/mol. The maximum Gasteiger partial charge on any atom is 0.124 e. The third-order valence-corrected chi connectivity index (χ3v) is 4.88. The molecule has 2 nitrogen and oxygen atoms in total. The molecule has 2 N–H and O–H groups in total. The topological polar surface area (TPSA) is 38.9 Å². The lowest BCUT2D eigenvalue weighted by atomic mass is 9.99. The van der Waals surface area contributed by atoms with Crippen LogP contribution in [0.4, 0.5) is 0 Å². The summed E-state index contributed by atoms with van der Waals surface area (Å²) in [6, 6.07) is 6.75. The van der Waals surface area contributed by atoms with Crippen LogP contribution in [0.1, 0.15) is 40.6 Å². The Morgan fingerprint density at radius 1 is 1.33 bits per heavy atom. The molecule has 0 saturated heterocycles. The van der Waals surface area contributed by atoms with Gasteiger partial charge in [-0.2, -0.15) is 0 Å². The number of nitrogens with two attached hydrogens (primary N) is 1. The zero-order valence-electron chi connectivity index (χ0n) is 10.9. The first kappa shape index (κ1) is 11.9. The Labute approximate surface area is 112 Å². The molecule has 0 spiro atoms. The smallest absolute Gasteiger partial charge is 0.124 e. The number of aromatic nitrogens is 1. The van der Waals surface area contributed by atoms with Crippen molar-refractivity contribution < 1.29 is 0 Å². The lowest BCUT2D eigenvalue weighted by Gasteiger charge is -2.15. The molecule has 1 aliphatic carbocycles. The van der Waals surface area contributed by atoms with Gasteiger partial charge in [-0.3, -0.25) is 0 Å². The summed E-state index contributed by atoms with van der Waals surface area (Å²) in [4.78, 5) is 6.11. The van der Waals surface area contributed by atoms with Crippen molar-refractivity contribution in [2.75, 3.05) is 0 Å². The predicted octanol–water partition coefficient (Wildman–Crippen LogP) is 3.76. The zero-order valence-corrected chi connectivity index (χ0v) is 11.7. The van der Waals surface area contributed by atoms with Crippen LogP contribution in [-0.4, -0.2) is 4.98 Å². The summed E-state index contributed by atoms with van der Waals surface area (Å²) < 4.78 is 0. The number of hydrogen-bond acceptors (Lipinski definition) is 3. The van der Waals surface area contributed by atoms with E-state index < -0.39 is 0 Å².